The van der Waals surface area contributed by atoms with Crippen LogP contribution in [0.1, 0.15) is 34.3 Å². The monoisotopic (exact) mass is 597 g/mol. The van der Waals surface area contributed by atoms with Gasteiger partial charge in [0.15, 0.2) is 0 Å². The molecule has 0 heterocycles. The smallest absolute Gasteiger partial charge is 0.257 e. The number of carbonyl (C=O) groups excluding carboxylic acids is 2. The molecule has 2 amide bonds. The van der Waals surface area contributed by atoms with E-state index in [9.17, 15) is 9.59 Å². The van der Waals surface area contributed by atoms with Gasteiger partial charge in [0.25, 0.3) is 5.91 Å². The van der Waals surface area contributed by atoms with Crippen LogP contribution in [0.15, 0.2) is 65.8 Å². The highest BCUT2D eigenvalue weighted by atomic mass is 35.5. The van der Waals surface area contributed by atoms with E-state index in [1.807, 2.05) is 6.92 Å². The van der Waals surface area contributed by atoms with E-state index in [0.717, 1.165) is 5.56 Å². The number of hydrogen-bond donors (Lipinski definition) is 2. The maximum atomic E-state index is 13.0. The molecule has 192 valence electrons. The predicted octanol–water partition coefficient (Wildman–Crippen LogP) is 7.80. The molecule has 6 nitrogen and oxygen atoms in total. The van der Waals surface area contributed by atoms with Gasteiger partial charge in [-0.2, -0.15) is 0 Å². The number of nitrogens with one attached hydrogen (secondary N) is 2. The Morgan fingerprint density at radius 3 is 2.14 bits per heavy atom. The lowest BCUT2D eigenvalue weighted by molar-refractivity contribution is -0.117. The molecule has 3 aromatic rings. The van der Waals surface area contributed by atoms with Crippen molar-refractivity contribution in [2.45, 2.75) is 17.2 Å². The van der Waals surface area contributed by atoms with Gasteiger partial charge in [0.05, 0.1) is 22.2 Å². The van der Waals surface area contributed by atoms with Gasteiger partial charge in [0.1, 0.15) is 11.4 Å². The number of oxime groups is 1. The Balaban J connectivity index is 1.47. The summed E-state index contributed by atoms with van der Waals surface area (Å²) in [6.07, 6.45) is 0. The fourth-order valence-electron chi connectivity index (χ4n) is 4.00. The van der Waals surface area contributed by atoms with Crippen molar-refractivity contribution in [2.75, 3.05) is 17.7 Å². The fourth-order valence-corrected chi connectivity index (χ4v) is 5.58. The third kappa shape index (κ3) is 6.16. The number of nitrogens with zero attached hydrogens (tertiary/aromatic N) is 1. The van der Waals surface area contributed by atoms with E-state index in [4.69, 9.17) is 62.8 Å². The number of hydrogen-bond acceptors (Lipinski definition) is 4. The van der Waals surface area contributed by atoms with Crippen molar-refractivity contribution in [3.63, 3.8) is 0 Å². The van der Waals surface area contributed by atoms with Gasteiger partial charge < -0.3 is 15.5 Å². The van der Waals surface area contributed by atoms with Gasteiger partial charge in [-0.3, -0.25) is 9.59 Å². The van der Waals surface area contributed by atoms with Crippen LogP contribution >= 0.6 is 58.0 Å². The number of anilines is 2. The lowest BCUT2D eigenvalue weighted by atomic mass is 10.1. The van der Waals surface area contributed by atoms with E-state index >= 15 is 0 Å². The second-order valence-corrected chi connectivity index (χ2v) is 11.1. The zero-order valence-electron chi connectivity index (χ0n) is 19.5. The number of halogens is 5. The minimum Gasteiger partial charge on any atom is -0.399 e. The van der Waals surface area contributed by atoms with Crippen LogP contribution < -0.4 is 10.6 Å². The Hall–Kier alpha value is -2.48. The zero-order chi connectivity index (χ0) is 26.9. The van der Waals surface area contributed by atoms with Crippen molar-refractivity contribution in [3.05, 3.63) is 92.4 Å². The summed E-state index contributed by atoms with van der Waals surface area (Å²) in [5, 5.41) is 10.5. The van der Waals surface area contributed by atoms with E-state index in [1.165, 1.54) is 19.2 Å². The largest absolute Gasteiger partial charge is 0.399 e. The van der Waals surface area contributed by atoms with Crippen molar-refractivity contribution in [3.8, 4) is 0 Å². The molecular weight excluding hydrogens is 580 g/mol. The molecule has 0 bridgehead atoms. The Labute approximate surface area is 238 Å². The van der Waals surface area contributed by atoms with Crippen LogP contribution in [-0.2, 0) is 9.63 Å². The van der Waals surface area contributed by atoms with E-state index in [-0.39, 0.29) is 10.6 Å². The highest BCUT2D eigenvalue weighted by molar-refractivity contribution is 6.53. The summed E-state index contributed by atoms with van der Waals surface area (Å²) in [7, 11) is 1.47. The summed E-state index contributed by atoms with van der Waals surface area (Å²) in [6, 6.07) is 16.6. The average Bonchev–Trinajstić information content (AvgIpc) is 3.42. The van der Waals surface area contributed by atoms with Crippen LogP contribution in [0.2, 0.25) is 15.1 Å². The maximum Gasteiger partial charge on any atom is 0.257 e. The number of alkyl halides is 2. The standard InChI is InChI=1S/C26H20Cl5N3O3/c1-13(34-37-2)14-3-5-18(6-4-14)32-24(35)20-12-19(7-8-21(20)29)33-25(36)23-22(26(23,30)31)15-9-16(27)11-17(28)10-15/h3-12,22-23H,1-2H3,(H,32,35)(H,33,36)/b34-13+. The molecule has 0 spiro atoms. The first-order chi connectivity index (χ1) is 17.5. The second-order valence-electron chi connectivity index (χ2n) is 8.41. The highest BCUT2D eigenvalue weighted by Gasteiger charge is 2.67. The first-order valence-electron chi connectivity index (χ1n) is 10.9. The molecule has 0 saturated heterocycles. The topological polar surface area (TPSA) is 79.8 Å². The normalized spacial score (nSPS) is 18.2. The molecule has 1 aliphatic carbocycles. The van der Waals surface area contributed by atoms with Crippen molar-refractivity contribution in [2.24, 2.45) is 11.1 Å². The molecule has 11 heteroatoms. The quantitative estimate of drug-likeness (QED) is 0.165. The van der Waals surface area contributed by atoms with Gasteiger partial charge >= 0.3 is 0 Å². The van der Waals surface area contributed by atoms with Crippen LogP contribution in [0.4, 0.5) is 11.4 Å². The summed E-state index contributed by atoms with van der Waals surface area (Å²) in [4.78, 5) is 30.7. The number of amides is 2. The SMILES string of the molecule is CO/N=C(\C)c1ccc(NC(=O)c2cc(NC(=O)C3C(c4cc(Cl)cc(Cl)c4)C3(Cl)Cl)ccc2Cl)cc1. The number of benzene rings is 3. The van der Waals surface area contributed by atoms with Crippen molar-refractivity contribution >= 4 is 86.9 Å². The fraction of sp³-hybridized carbons (Fsp3) is 0.192. The molecular formula is C26H20Cl5N3O3. The minimum atomic E-state index is -1.33. The molecule has 0 aromatic heterocycles. The molecule has 1 aliphatic rings. The molecule has 3 aromatic carbocycles. The lowest BCUT2D eigenvalue weighted by Gasteiger charge is -2.11. The van der Waals surface area contributed by atoms with E-state index in [1.54, 1.807) is 48.5 Å². The summed E-state index contributed by atoms with van der Waals surface area (Å²) in [5.41, 5.74) is 3.29. The van der Waals surface area contributed by atoms with Crippen LogP contribution in [0, 0.1) is 5.92 Å². The van der Waals surface area contributed by atoms with Crippen LogP contribution in [-0.4, -0.2) is 29.0 Å². The van der Waals surface area contributed by atoms with E-state index in [0.29, 0.717) is 32.7 Å². The Bertz CT molecular complexity index is 1370. The average molecular weight is 600 g/mol. The van der Waals surface area contributed by atoms with Gasteiger partial charge in [0.2, 0.25) is 5.91 Å². The first-order valence-corrected chi connectivity index (χ1v) is 12.8. The van der Waals surface area contributed by atoms with Crippen molar-refractivity contribution in [1.82, 2.24) is 0 Å². The molecule has 2 unspecified atom stereocenters. The summed E-state index contributed by atoms with van der Waals surface area (Å²) < 4.78 is -1.33. The zero-order valence-corrected chi connectivity index (χ0v) is 23.3. The van der Waals surface area contributed by atoms with Gasteiger partial charge in [-0.15, -0.1) is 23.2 Å². The lowest BCUT2D eigenvalue weighted by Crippen LogP contribution is -2.18. The molecule has 1 fully saturated rings. The second kappa shape index (κ2) is 11.1. The third-order valence-corrected chi connectivity index (χ3v) is 7.55. The van der Waals surface area contributed by atoms with Crippen molar-refractivity contribution in [1.29, 1.82) is 0 Å². The van der Waals surface area contributed by atoms with E-state index in [2.05, 4.69) is 15.8 Å². The van der Waals surface area contributed by atoms with Gasteiger partial charge in [-0.1, -0.05) is 52.1 Å². The molecule has 0 radical (unpaired) electrons. The van der Waals surface area contributed by atoms with Crippen molar-refractivity contribution < 1.29 is 14.4 Å². The maximum absolute atomic E-state index is 13.0. The molecule has 2 atom stereocenters. The van der Waals surface area contributed by atoms with E-state index < -0.39 is 28.0 Å². The molecule has 0 aliphatic heterocycles. The molecule has 4 rings (SSSR count). The predicted molar refractivity (Wildman–Crippen MR) is 151 cm³/mol. The van der Waals surface area contributed by atoms with Gasteiger partial charge in [-0.05, 0) is 66.6 Å². The number of carbonyl (C=O) groups is 2. The van der Waals surface area contributed by atoms with Gasteiger partial charge in [0, 0.05) is 27.3 Å². The van der Waals surface area contributed by atoms with Crippen LogP contribution in [0.3, 0.4) is 0 Å². The summed E-state index contributed by atoms with van der Waals surface area (Å²) in [6.45, 7) is 1.81. The summed E-state index contributed by atoms with van der Waals surface area (Å²) >= 11 is 31.3. The Kier molecular flexibility index (Phi) is 8.26. The van der Waals surface area contributed by atoms with Crippen LogP contribution in [0.25, 0.3) is 0 Å². The molecule has 37 heavy (non-hydrogen) atoms. The Morgan fingerprint density at radius 1 is 0.892 bits per heavy atom. The molecule has 1 saturated carbocycles. The summed E-state index contributed by atoms with van der Waals surface area (Å²) in [5.74, 6) is -2.11. The Morgan fingerprint density at radius 2 is 1.51 bits per heavy atom. The van der Waals surface area contributed by atoms with Crippen LogP contribution in [0.5, 0.6) is 0 Å². The highest BCUT2D eigenvalue weighted by Crippen LogP contribution is 2.65. The van der Waals surface area contributed by atoms with Gasteiger partial charge in [-0.25, -0.2) is 0 Å². The first kappa shape index (κ1) is 27.6. The minimum absolute atomic E-state index is 0.178. The molecule has 2 N–H and O–H groups in total. The number of rotatable bonds is 7. The third-order valence-electron chi connectivity index (χ3n) is 5.85.